The number of rotatable bonds is 5. The van der Waals surface area contributed by atoms with Crippen molar-refractivity contribution in [3.05, 3.63) is 47.9 Å². The van der Waals surface area contributed by atoms with Crippen LogP contribution in [0, 0.1) is 6.92 Å². The summed E-state index contributed by atoms with van der Waals surface area (Å²) >= 11 is 0. The van der Waals surface area contributed by atoms with Crippen LogP contribution in [0.1, 0.15) is 18.4 Å². The maximum atomic E-state index is 12.0. The van der Waals surface area contributed by atoms with Gasteiger partial charge in [-0.25, -0.2) is 0 Å². The van der Waals surface area contributed by atoms with Gasteiger partial charge in [0.05, 0.1) is 18.5 Å². The molecule has 6 heteroatoms. The third-order valence-corrected chi connectivity index (χ3v) is 2.96. The molecule has 1 aromatic carbocycles. The minimum atomic E-state index is -0.348. The van der Waals surface area contributed by atoms with E-state index in [1.165, 1.54) is 20.1 Å². The second kappa shape index (κ2) is 7.31. The number of anilines is 2. The van der Waals surface area contributed by atoms with E-state index in [0.29, 0.717) is 22.9 Å². The molecule has 0 saturated carbocycles. The van der Waals surface area contributed by atoms with Crippen LogP contribution in [0.3, 0.4) is 0 Å². The van der Waals surface area contributed by atoms with Gasteiger partial charge in [-0.05, 0) is 37.3 Å². The van der Waals surface area contributed by atoms with Crippen molar-refractivity contribution < 1.29 is 18.7 Å². The molecular formula is C17H18N2O4. The van der Waals surface area contributed by atoms with Gasteiger partial charge in [-0.3, -0.25) is 9.59 Å². The second-order valence-electron chi connectivity index (χ2n) is 4.86. The lowest BCUT2D eigenvalue weighted by atomic mass is 10.2. The van der Waals surface area contributed by atoms with Gasteiger partial charge in [-0.15, -0.1) is 0 Å². The first-order chi connectivity index (χ1) is 11.0. The average Bonchev–Trinajstić information content (AvgIpc) is 2.92. The topological polar surface area (TPSA) is 80.6 Å². The molecule has 0 bridgehead atoms. The third kappa shape index (κ3) is 4.74. The molecule has 0 fully saturated rings. The quantitative estimate of drug-likeness (QED) is 0.830. The number of furan rings is 1. The number of hydrogen-bond donors (Lipinski definition) is 2. The summed E-state index contributed by atoms with van der Waals surface area (Å²) in [6, 6.07) is 8.58. The molecule has 2 rings (SSSR count). The molecule has 0 unspecified atom stereocenters. The summed E-state index contributed by atoms with van der Waals surface area (Å²) in [5.74, 6) is 1.35. The standard InChI is InChI=1S/C17H18N2O4/c1-11-4-5-13(23-11)7-9-17(21)19-16-10-14(22-3)6-8-15(16)18-12(2)20/h4-10H,1-3H3,(H,18,20)(H,19,21)/b9-7+. The van der Waals surface area contributed by atoms with E-state index in [4.69, 9.17) is 9.15 Å². The summed E-state index contributed by atoms with van der Waals surface area (Å²) in [5, 5.41) is 5.36. The van der Waals surface area contributed by atoms with Crippen LogP contribution in [0.2, 0.25) is 0 Å². The Morgan fingerprint density at radius 1 is 1.13 bits per heavy atom. The minimum Gasteiger partial charge on any atom is -0.497 e. The van der Waals surface area contributed by atoms with Gasteiger partial charge in [-0.1, -0.05) is 0 Å². The van der Waals surface area contributed by atoms with Crippen molar-refractivity contribution >= 4 is 29.3 Å². The Bertz CT molecular complexity index is 747. The zero-order chi connectivity index (χ0) is 16.8. The first kappa shape index (κ1) is 16.4. The summed E-state index contributed by atoms with van der Waals surface area (Å²) in [4.78, 5) is 23.3. The maximum Gasteiger partial charge on any atom is 0.248 e. The van der Waals surface area contributed by atoms with Gasteiger partial charge in [0.2, 0.25) is 11.8 Å². The number of amides is 2. The average molecular weight is 314 g/mol. The highest BCUT2D eigenvalue weighted by Gasteiger charge is 2.08. The van der Waals surface area contributed by atoms with Crippen LogP contribution in [0.5, 0.6) is 5.75 Å². The predicted molar refractivity (Wildman–Crippen MR) is 88.4 cm³/mol. The van der Waals surface area contributed by atoms with E-state index < -0.39 is 0 Å². The summed E-state index contributed by atoms with van der Waals surface area (Å²) in [6.07, 6.45) is 2.93. The van der Waals surface area contributed by atoms with E-state index >= 15 is 0 Å². The molecule has 120 valence electrons. The Hall–Kier alpha value is -3.02. The first-order valence-electron chi connectivity index (χ1n) is 6.99. The smallest absolute Gasteiger partial charge is 0.248 e. The normalized spacial score (nSPS) is 10.6. The van der Waals surface area contributed by atoms with E-state index in [9.17, 15) is 9.59 Å². The first-order valence-corrected chi connectivity index (χ1v) is 6.99. The SMILES string of the molecule is COc1ccc(NC(C)=O)c(NC(=O)/C=C/c2ccc(C)o2)c1. The summed E-state index contributed by atoms with van der Waals surface area (Å²) in [7, 11) is 1.53. The molecule has 0 saturated heterocycles. The van der Waals surface area contributed by atoms with E-state index in [0.717, 1.165) is 5.76 Å². The van der Waals surface area contributed by atoms with Crippen molar-refractivity contribution in [3.63, 3.8) is 0 Å². The van der Waals surface area contributed by atoms with Crippen molar-refractivity contribution in [1.82, 2.24) is 0 Å². The second-order valence-corrected chi connectivity index (χ2v) is 4.86. The van der Waals surface area contributed by atoms with Gasteiger partial charge in [-0.2, -0.15) is 0 Å². The molecule has 1 heterocycles. The summed E-state index contributed by atoms with van der Waals surface area (Å²) in [5.41, 5.74) is 0.943. The number of ether oxygens (including phenoxy) is 1. The summed E-state index contributed by atoms with van der Waals surface area (Å²) in [6.45, 7) is 3.22. The highest BCUT2D eigenvalue weighted by Crippen LogP contribution is 2.27. The van der Waals surface area contributed by atoms with Crippen LogP contribution in [0.25, 0.3) is 6.08 Å². The van der Waals surface area contributed by atoms with Crippen LogP contribution in [0.15, 0.2) is 40.8 Å². The van der Waals surface area contributed by atoms with E-state index in [1.807, 2.05) is 13.0 Å². The summed E-state index contributed by atoms with van der Waals surface area (Å²) < 4.78 is 10.5. The van der Waals surface area contributed by atoms with Crippen LogP contribution in [0.4, 0.5) is 11.4 Å². The molecule has 0 aliphatic heterocycles. The lowest BCUT2D eigenvalue weighted by Gasteiger charge is -2.12. The Morgan fingerprint density at radius 3 is 2.52 bits per heavy atom. The number of methoxy groups -OCH3 is 1. The minimum absolute atomic E-state index is 0.229. The fraction of sp³-hybridized carbons (Fsp3) is 0.176. The molecule has 2 aromatic rings. The maximum absolute atomic E-state index is 12.0. The molecule has 0 aliphatic rings. The van der Waals surface area contributed by atoms with Crippen molar-refractivity contribution in [3.8, 4) is 5.75 Å². The fourth-order valence-corrected chi connectivity index (χ4v) is 1.93. The number of carbonyl (C=O) groups excluding carboxylic acids is 2. The molecular weight excluding hydrogens is 296 g/mol. The van der Waals surface area contributed by atoms with Crippen LogP contribution in [-0.2, 0) is 9.59 Å². The van der Waals surface area contributed by atoms with Crippen molar-refractivity contribution in [1.29, 1.82) is 0 Å². The van der Waals surface area contributed by atoms with Gasteiger partial charge in [0.1, 0.15) is 17.3 Å². The van der Waals surface area contributed by atoms with Crippen LogP contribution < -0.4 is 15.4 Å². The molecule has 0 radical (unpaired) electrons. The zero-order valence-corrected chi connectivity index (χ0v) is 13.2. The van der Waals surface area contributed by atoms with E-state index in [-0.39, 0.29) is 11.8 Å². The lowest BCUT2D eigenvalue weighted by molar-refractivity contribution is -0.114. The number of benzene rings is 1. The third-order valence-electron chi connectivity index (χ3n) is 2.96. The zero-order valence-electron chi connectivity index (χ0n) is 13.2. The molecule has 23 heavy (non-hydrogen) atoms. The monoisotopic (exact) mass is 314 g/mol. The van der Waals surface area contributed by atoms with Crippen molar-refractivity contribution in [2.75, 3.05) is 17.7 Å². The fourth-order valence-electron chi connectivity index (χ4n) is 1.93. The molecule has 0 aliphatic carbocycles. The molecule has 0 spiro atoms. The van der Waals surface area contributed by atoms with E-state index in [2.05, 4.69) is 10.6 Å². The molecule has 0 atom stereocenters. The number of nitrogens with one attached hydrogen (secondary N) is 2. The highest BCUT2D eigenvalue weighted by atomic mass is 16.5. The van der Waals surface area contributed by atoms with Crippen LogP contribution >= 0.6 is 0 Å². The van der Waals surface area contributed by atoms with Gasteiger partial charge in [0.15, 0.2) is 0 Å². The number of hydrogen-bond acceptors (Lipinski definition) is 4. The van der Waals surface area contributed by atoms with E-state index in [1.54, 1.807) is 30.3 Å². The Kier molecular flexibility index (Phi) is 5.19. The van der Waals surface area contributed by atoms with Crippen molar-refractivity contribution in [2.45, 2.75) is 13.8 Å². The van der Waals surface area contributed by atoms with Gasteiger partial charge in [0, 0.05) is 19.1 Å². The Labute approximate surface area is 134 Å². The molecule has 1 aromatic heterocycles. The van der Waals surface area contributed by atoms with Gasteiger partial charge < -0.3 is 19.8 Å². The largest absolute Gasteiger partial charge is 0.497 e. The predicted octanol–water partition coefficient (Wildman–Crippen LogP) is 3.21. The van der Waals surface area contributed by atoms with Gasteiger partial charge >= 0.3 is 0 Å². The Morgan fingerprint density at radius 2 is 1.91 bits per heavy atom. The highest BCUT2D eigenvalue weighted by molar-refractivity contribution is 6.05. The number of carbonyl (C=O) groups is 2. The molecule has 2 amide bonds. The van der Waals surface area contributed by atoms with Crippen LogP contribution in [-0.4, -0.2) is 18.9 Å². The van der Waals surface area contributed by atoms with Gasteiger partial charge in [0.25, 0.3) is 0 Å². The molecule has 2 N–H and O–H groups in total. The molecule has 6 nitrogen and oxygen atoms in total. The lowest BCUT2D eigenvalue weighted by Crippen LogP contribution is -2.13. The number of aryl methyl sites for hydroxylation is 1. The van der Waals surface area contributed by atoms with Crippen molar-refractivity contribution in [2.24, 2.45) is 0 Å². The Balaban J connectivity index is 2.15.